The van der Waals surface area contributed by atoms with Crippen LogP contribution in [0.5, 0.6) is 0 Å². The van der Waals surface area contributed by atoms with Gasteiger partial charge in [0, 0.05) is 22.6 Å². The van der Waals surface area contributed by atoms with Crippen LogP contribution in [0.15, 0.2) is 18.2 Å². The fourth-order valence-electron chi connectivity index (χ4n) is 2.68. The first kappa shape index (κ1) is 15.1. The molecule has 1 saturated heterocycles. The Hall–Kier alpha value is -0.280. The molecule has 1 atom stereocenters. The van der Waals surface area contributed by atoms with Crippen LogP contribution in [0.25, 0.3) is 0 Å². The molecule has 0 aliphatic carbocycles. The van der Waals surface area contributed by atoms with Gasteiger partial charge in [-0.15, -0.1) is 0 Å². The summed E-state index contributed by atoms with van der Waals surface area (Å²) in [4.78, 5) is 2.43. The third kappa shape index (κ3) is 3.63. The first-order valence-electron chi connectivity index (χ1n) is 6.82. The second-order valence-electron chi connectivity index (χ2n) is 6.12. The van der Waals surface area contributed by atoms with E-state index in [1.54, 1.807) is 0 Å². The van der Waals surface area contributed by atoms with Crippen molar-refractivity contribution < 1.29 is 0 Å². The predicted octanol–water partition coefficient (Wildman–Crippen LogP) is 4.12. The molecule has 1 unspecified atom stereocenters. The first-order chi connectivity index (χ1) is 8.93. The lowest BCUT2D eigenvalue weighted by Crippen LogP contribution is -2.42. The zero-order valence-corrected chi connectivity index (χ0v) is 13.1. The van der Waals surface area contributed by atoms with Crippen LogP contribution < -0.4 is 5.73 Å². The van der Waals surface area contributed by atoms with Crippen LogP contribution in [0.1, 0.15) is 38.3 Å². The van der Waals surface area contributed by atoms with Gasteiger partial charge in [-0.1, -0.05) is 37.0 Å². The molecule has 1 aliphatic rings. The second-order valence-corrected chi connectivity index (χ2v) is 6.96. The Morgan fingerprint density at radius 2 is 1.89 bits per heavy atom. The highest BCUT2D eigenvalue weighted by Gasteiger charge is 2.30. The van der Waals surface area contributed by atoms with E-state index in [0.29, 0.717) is 12.0 Å². The topological polar surface area (TPSA) is 29.3 Å². The van der Waals surface area contributed by atoms with Crippen molar-refractivity contribution in [3.63, 3.8) is 0 Å². The summed E-state index contributed by atoms with van der Waals surface area (Å²) in [5.74, 6) is 0. The van der Waals surface area contributed by atoms with Gasteiger partial charge in [-0.3, -0.25) is 4.90 Å². The number of rotatable bonds is 3. The fourth-order valence-corrected chi connectivity index (χ4v) is 3.11. The first-order valence-corrected chi connectivity index (χ1v) is 7.57. The zero-order chi connectivity index (χ0) is 14.0. The molecule has 2 rings (SSSR count). The van der Waals surface area contributed by atoms with Crippen LogP contribution in [0, 0.1) is 5.41 Å². The molecule has 106 valence electrons. The number of likely N-dealkylation sites (tertiary alicyclic amines) is 1. The number of benzene rings is 1. The molecular weight excluding hydrogens is 279 g/mol. The normalized spacial score (nSPS) is 21.3. The minimum atomic E-state index is 0.169. The molecule has 1 aromatic rings. The van der Waals surface area contributed by atoms with Crippen molar-refractivity contribution in [3.05, 3.63) is 33.8 Å². The Balaban J connectivity index is 2.18. The maximum absolute atomic E-state index is 6.30. The lowest BCUT2D eigenvalue weighted by molar-refractivity contribution is 0.0964. The monoisotopic (exact) mass is 300 g/mol. The van der Waals surface area contributed by atoms with Gasteiger partial charge in [-0.2, -0.15) is 0 Å². The Kier molecular flexibility index (Phi) is 4.78. The summed E-state index contributed by atoms with van der Waals surface area (Å²) in [5.41, 5.74) is 7.47. The Bertz CT molecular complexity index is 436. The maximum atomic E-state index is 6.30. The summed E-state index contributed by atoms with van der Waals surface area (Å²) in [6, 6.07) is 5.79. The molecule has 0 amide bonds. The van der Waals surface area contributed by atoms with Crippen molar-refractivity contribution >= 4 is 23.2 Å². The summed E-state index contributed by atoms with van der Waals surface area (Å²) in [6.45, 7) is 7.36. The molecule has 4 heteroatoms. The van der Waals surface area contributed by atoms with Crippen LogP contribution in [0.4, 0.5) is 0 Å². The van der Waals surface area contributed by atoms with Crippen LogP contribution in [0.2, 0.25) is 10.0 Å². The standard InChI is InChI=1S/C15H22Cl2N2/c1-15(2)5-7-19(8-6-15)14(10-18)12-9-11(16)3-4-13(12)17/h3-4,9,14H,5-8,10,18H2,1-2H3. The van der Waals surface area contributed by atoms with Gasteiger partial charge in [-0.25, -0.2) is 0 Å². The Morgan fingerprint density at radius 1 is 1.26 bits per heavy atom. The van der Waals surface area contributed by atoms with Gasteiger partial charge in [0.2, 0.25) is 0 Å². The lowest BCUT2D eigenvalue weighted by atomic mass is 9.82. The van der Waals surface area contributed by atoms with E-state index in [2.05, 4.69) is 18.7 Å². The smallest absolute Gasteiger partial charge is 0.0485 e. The number of hydrogen-bond donors (Lipinski definition) is 1. The van der Waals surface area contributed by atoms with Crippen molar-refractivity contribution in [1.29, 1.82) is 0 Å². The van der Waals surface area contributed by atoms with Crippen LogP contribution in [-0.2, 0) is 0 Å². The summed E-state index contributed by atoms with van der Waals surface area (Å²) in [7, 11) is 0. The van der Waals surface area contributed by atoms with Crippen LogP contribution in [-0.4, -0.2) is 24.5 Å². The largest absolute Gasteiger partial charge is 0.329 e. The molecule has 1 aromatic carbocycles. The average molecular weight is 301 g/mol. The minimum Gasteiger partial charge on any atom is -0.329 e. The molecule has 0 spiro atoms. The highest BCUT2D eigenvalue weighted by Crippen LogP contribution is 2.36. The van der Waals surface area contributed by atoms with E-state index in [0.717, 1.165) is 28.7 Å². The molecular formula is C15H22Cl2N2. The highest BCUT2D eigenvalue weighted by molar-refractivity contribution is 6.33. The summed E-state index contributed by atoms with van der Waals surface area (Å²) >= 11 is 12.4. The van der Waals surface area contributed by atoms with Crippen LogP contribution in [0.3, 0.4) is 0 Å². The van der Waals surface area contributed by atoms with Gasteiger partial charge in [0.25, 0.3) is 0 Å². The highest BCUT2D eigenvalue weighted by atomic mass is 35.5. The SMILES string of the molecule is CC1(C)CCN(C(CN)c2cc(Cl)ccc2Cl)CC1. The van der Waals surface area contributed by atoms with Crippen molar-refractivity contribution in [1.82, 2.24) is 4.90 Å². The molecule has 2 N–H and O–H groups in total. The van der Waals surface area contributed by atoms with Crippen molar-refractivity contribution in [2.24, 2.45) is 11.1 Å². The van der Waals surface area contributed by atoms with Gasteiger partial charge in [0.05, 0.1) is 0 Å². The third-order valence-electron chi connectivity index (χ3n) is 4.13. The molecule has 0 radical (unpaired) electrons. The Morgan fingerprint density at radius 3 is 2.47 bits per heavy atom. The molecule has 0 bridgehead atoms. The van der Waals surface area contributed by atoms with E-state index < -0.39 is 0 Å². The fraction of sp³-hybridized carbons (Fsp3) is 0.600. The average Bonchev–Trinajstić information content (AvgIpc) is 2.36. The van der Waals surface area contributed by atoms with E-state index in [1.807, 2.05) is 18.2 Å². The van der Waals surface area contributed by atoms with E-state index in [1.165, 1.54) is 12.8 Å². The molecule has 2 nitrogen and oxygen atoms in total. The molecule has 1 aliphatic heterocycles. The van der Waals surface area contributed by atoms with E-state index in [4.69, 9.17) is 28.9 Å². The summed E-state index contributed by atoms with van der Waals surface area (Å²) < 4.78 is 0. The molecule has 1 fully saturated rings. The molecule has 1 heterocycles. The maximum Gasteiger partial charge on any atom is 0.0485 e. The number of piperidine rings is 1. The molecule has 0 aromatic heterocycles. The van der Waals surface area contributed by atoms with Gasteiger partial charge in [0.1, 0.15) is 0 Å². The quantitative estimate of drug-likeness (QED) is 0.910. The zero-order valence-electron chi connectivity index (χ0n) is 11.6. The van der Waals surface area contributed by atoms with E-state index in [-0.39, 0.29) is 6.04 Å². The summed E-state index contributed by atoms with van der Waals surface area (Å²) in [6.07, 6.45) is 2.39. The van der Waals surface area contributed by atoms with Gasteiger partial charge >= 0.3 is 0 Å². The van der Waals surface area contributed by atoms with E-state index >= 15 is 0 Å². The van der Waals surface area contributed by atoms with Crippen molar-refractivity contribution in [2.75, 3.05) is 19.6 Å². The number of nitrogens with zero attached hydrogens (tertiary/aromatic N) is 1. The summed E-state index contributed by atoms with van der Waals surface area (Å²) in [5, 5.41) is 1.47. The van der Waals surface area contributed by atoms with Gasteiger partial charge in [-0.05, 0) is 55.1 Å². The van der Waals surface area contributed by atoms with Gasteiger partial charge in [0.15, 0.2) is 0 Å². The predicted molar refractivity (Wildman–Crippen MR) is 82.8 cm³/mol. The van der Waals surface area contributed by atoms with E-state index in [9.17, 15) is 0 Å². The second kappa shape index (κ2) is 6.01. The van der Waals surface area contributed by atoms with Crippen molar-refractivity contribution in [3.8, 4) is 0 Å². The number of halogens is 2. The van der Waals surface area contributed by atoms with Crippen LogP contribution >= 0.6 is 23.2 Å². The third-order valence-corrected chi connectivity index (χ3v) is 4.71. The van der Waals surface area contributed by atoms with Crippen molar-refractivity contribution in [2.45, 2.75) is 32.7 Å². The number of nitrogens with two attached hydrogens (primary N) is 1. The molecule has 0 saturated carbocycles. The lowest BCUT2D eigenvalue weighted by Gasteiger charge is -2.41. The van der Waals surface area contributed by atoms with Gasteiger partial charge < -0.3 is 5.73 Å². The Labute approximate surface area is 125 Å². The number of hydrogen-bond acceptors (Lipinski definition) is 2. The minimum absolute atomic E-state index is 0.169. The molecule has 19 heavy (non-hydrogen) atoms.